The van der Waals surface area contributed by atoms with Crippen LogP contribution in [0.1, 0.15) is 217 Å². The van der Waals surface area contributed by atoms with Crippen LogP contribution in [0.15, 0.2) is 48.5 Å². The van der Waals surface area contributed by atoms with Gasteiger partial charge in [-0.25, -0.2) is 0 Å². The van der Waals surface area contributed by atoms with Crippen molar-refractivity contribution in [2.45, 2.75) is 205 Å². The first-order chi connectivity index (χ1) is 25.5. The number of hydrogen-bond donors (Lipinski definition) is 0. The minimum absolute atomic E-state index is 0.109. The highest BCUT2D eigenvalue weighted by atomic mass is 16.5. The number of ether oxygens (including phenoxy) is 2. The maximum Gasteiger partial charge on any atom is 0.311 e. The van der Waals surface area contributed by atoms with Crippen LogP contribution in [0.3, 0.4) is 0 Å². The van der Waals surface area contributed by atoms with Crippen molar-refractivity contribution in [3.05, 3.63) is 59.7 Å². The molecule has 290 valence electrons. The van der Waals surface area contributed by atoms with Crippen LogP contribution in [-0.2, 0) is 9.59 Å². The van der Waals surface area contributed by atoms with Crippen molar-refractivity contribution in [1.82, 2.24) is 0 Å². The lowest BCUT2D eigenvalue weighted by Crippen LogP contribution is -2.13. The maximum absolute atomic E-state index is 12.4. The molecule has 0 bridgehead atoms. The quantitative estimate of drug-likeness (QED) is 0.0584. The smallest absolute Gasteiger partial charge is 0.311 e. The Hall–Kier alpha value is -2.62. The van der Waals surface area contributed by atoms with Crippen molar-refractivity contribution in [3.63, 3.8) is 0 Å². The fraction of sp³-hybridized carbons (Fsp3) is 0.708. The van der Waals surface area contributed by atoms with E-state index in [-0.39, 0.29) is 11.9 Å². The number of hydrogen-bond acceptors (Lipinski definition) is 4. The Balaban J connectivity index is 0.930. The molecule has 2 aliphatic rings. The van der Waals surface area contributed by atoms with Gasteiger partial charge in [-0.15, -0.1) is 0 Å². The molecule has 0 atom stereocenters. The second-order valence-electron chi connectivity index (χ2n) is 16.5. The molecule has 4 rings (SSSR count). The van der Waals surface area contributed by atoms with Crippen molar-refractivity contribution >= 4 is 11.9 Å². The zero-order valence-corrected chi connectivity index (χ0v) is 33.4. The first-order valence-corrected chi connectivity index (χ1v) is 22.1. The van der Waals surface area contributed by atoms with Crippen molar-refractivity contribution in [2.75, 3.05) is 0 Å². The first-order valence-electron chi connectivity index (χ1n) is 22.1. The summed E-state index contributed by atoms with van der Waals surface area (Å²) < 4.78 is 11.3. The van der Waals surface area contributed by atoms with Crippen LogP contribution in [0.25, 0.3) is 0 Å². The molecule has 2 fully saturated rings. The number of benzene rings is 2. The molecular formula is C48H74O4. The monoisotopic (exact) mass is 715 g/mol. The fourth-order valence-corrected chi connectivity index (χ4v) is 8.87. The lowest BCUT2D eigenvalue weighted by Gasteiger charge is -2.29. The van der Waals surface area contributed by atoms with E-state index in [1.807, 2.05) is 24.3 Å². The summed E-state index contributed by atoms with van der Waals surface area (Å²) >= 11 is 0. The van der Waals surface area contributed by atoms with E-state index in [2.05, 4.69) is 38.1 Å². The summed E-state index contributed by atoms with van der Waals surface area (Å²) in [6, 6.07) is 16.7. The Labute approximate surface area is 318 Å². The Morgan fingerprint density at radius 3 is 1.10 bits per heavy atom. The maximum atomic E-state index is 12.4. The third-order valence-electron chi connectivity index (χ3n) is 12.3. The summed E-state index contributed by atoms with van der Waals surface area (Å²) in [7, 11) is 0. The lowest BCUT2D eigenvalue weighted by molar-refractivity contribution is -0.135. The van der Waals surface area contributed by atoms with E-state index in [4.69, 9.17) is 9.47 Å². The van der Waals surface area contributed by atoms with Gasteiger partial charge in [-0.2, -0.15) is 0 Å². The largest absolute Gasteiger partial charge is 0.427 e. The summed E-state index contributed by atoms with van der Waals surface area (Å²) in [4.78, 5) is 24.8. The highest BCUT2D eigenvalue weighted by Gasteiger charge is 2.23. The van der Waals surface area contributed by atoms with Crippen LogP contribution in [0.5, 0.6) is 11.5 Å². The molecule has 2 aromatic carbocycles. The molecule has 0 aromatic heterocycles. The van der Waals surface area contributed by atoms with Gasteiger partial charge in [0.1, 0.15) is 11.5 Å². The highest BCUT2D eigenvalue weighted by Crippen LogP contribution is 2.39. The summed E-state index contributed by atoms with van der Waals surface area (Å²) in [6.45, 7) is 4.57. The first kappa shape index (κ1) is 42.1. The molecule has 2 saturated carbocycles. The number of carbonyl (C=O) groups is 2. The van der Waals surface area contributed by atoms with Crippen molar-refractivity contribution in [2.24, 2.45) is 11.8 Å². The third kappa shape index (κ3) is 16.6. The normalized spacial score (nSPS) is 20.4. The van der Waals surface area contributed by atoms with E-state index in [0.29, 0.717) is 36.2 Å². The molecule has 2 aliphatic carbocycles. The van der Waals surface area contributed by atoms with Gasteiger partial charge < -0.3 is 9.47 Å². The van der Waals surface area contributed by atoms with E-state index < -0.39 is 0 Å². The van der Waals surface area contributed by atoms with E-state index in [0.717, 1.165) is 37.5 Å². The second kappa shape index (κ2) is 25.4. The molecule has 0 unspecified atom stereocenters. The van der Waals surface area contributed by atoms with E-state index >= 15 is 0 Å². The van der Waals surface area contributed by atoms with Crippen molar-refractivity contribution < 1.29 is 19.1 Å². The predicted octanol–water partition coefficient (Wildman–Crippen LogP) is 14.6. The summed E-state index contributed by atoms with van der Waals surface area (Å²) in [6.07, 6.45) is 33.9. The van der Waals surface area contributed by atoms with Gasteiger partial charge in [0, 0.05) is 12.8 Å². The van der Waals surface area contributed by atoms with Crippen LogP contribution >= 0.6 is 0 Å². The van der Waals surface area contributed by atoms with E-state index in [1.165, 1.54) is 152 Å². The van der Waals surface area contributed by atoms with Crippen LogP contribution < -0.4 is 9.47 Å². The third-order valence-corrected chi connectivity index (χ3v) is 12.3. The number of unbranched alkanes of at least 4 members (excludes halogenated alkanes) is 13. The van der Waals surface area contributed by atoms with Crippen molar-refractivity contribution in [3.8, 4) is 11.5 Å². The molecule has 0 radical (unpaired) electrons. The Morgan fingerprint density at radius 1 is 0.442 bits per heavy atom. The van der Waals surface area contributed by atoms with Gasteiger partial charge in [0.05, 0.1) is 0 Å². The molecule has 0 aliphatic heterocycles. The molecule has 0 N–H and O–H groups in total. The molecule has 0 spiro atoms. The van der Waals surface area contributed by atoms with E-state index in [9.17, 15) is 9.59 Å². The van der Waals surface area contributed by atoms with Crippen LogP contribution in [-0.4, -0.2) is 11.9 Å². The van der Waals surface area contributed by atoms with Crippen LogP contribution in [0, 0.1) is 11.8 Å². The molecule has 52 heavy (non-hydrogen) atoms. The molecular weight excluding hydrogens is 641 g/mol. The topological polar surface area (TPSA) is 52.6 Å². The second-order valence-corrected chi connectivity index (χ2v) is 16.5. The average molecular weight is 715 g/mol. The predicted molar refractivity (Wildman–Crippen MR) is 217 cm³/mol. The Morgan fingerprint density at radius 2 is 0.769 bits per heavy atom. The molecule has 0 heterocycles. The summed E-state index contributed by atoms with van der Waals surface area (Å²) in [5.74, 6) is 4.33. The Kier molecular flexibility index (Phi) is 20.6. The molecule has 0 saturated heterocycles. The van der Waals surface area contributed by atoms with E-state index in [1.54, 1.807) is 0 Å². The van der Waals surface area contributed by atoms with Gasteiger partial charge in [0.15, 0.2) is 0 Å². The van der Waals surface area contributed by atoms with Gasteiger partial charge in [-0.3, -0.25) is 9.59 Å². The van der Waals surface area contributed by atoms with Crippen LogP contribution in [0.2, 0.25) is 0 Å². The zero-order valence-electron chi connectivity index (χ0n) is 33.4. The number of esters is 2. The van der Waals surface area contributed by atoms with Crippen LogP contribution in [0.4, 0.5) is 0 Å². The van der Waals surface area contributed by atoms with Gasteiger partial charge in [0.2, 0.25) is 0 Å². The lowest BCUT2D eigenvalue weighted by atomic mass is 9.77. The zero-order chi connectivity index (χ0) is 36.6. The molecule has 0 amide bonds. The summed E-state index contributed by atoms with van der Waals surface area (Å²) in [5, 5.41) is 0. The van der Waals surface area contributed by atoms with Gasteiger partial charge in [0.25, 0.3) is 0 Å². The SMILES string of the molecule is CCCCCC1CCC(c2ccc(OC(=O)CCCCCCCCCCCCC(=O)Oc3ccc(C4CCC(CCCCC)CC4)cc3)cc2)CC1. The number of carbonyl (C=O) groups excluding carboxylic acids is 2. The minimum atomic E-state index is -0.109. The van der Waals surface area contributed by atoms with Crippen molar-refractivity contribution in [1.29, 1.82) is 0 Å². The highest BCUT2D eigenvalue weighted by molar-refractivity contribution is 5.72. The fourth-order valence-electron chi connectivity index (χ4n) is 8.87. The average Bonchev–Trinajstić information content (AvgIpc) is 3.17. The molecule has 2 aromatic rings. The van der Waals surface area contributed by atoms with Gasteiger partial charge in [-0.1, -0.05) is 141 Å². The summed E-state index contributed by atoms with van der Waals surface area (Å²) in [5.41, 5.74) is 2.81. The van der Waals surface area contributed by atoms with Gasteiger partial charge in [-0.05, 0) is 123 Å². The number of rotatable bonds is 25. The molecule has 4 nitrogen and oxygen atoms in total. The van der Waals surface area contributed by atoms with Gasteiger partial charge >= 0.3 is 11.9 Å². The standard InChI is InChI=1S/C48H74O4/c1-3-5-15-19-39-23-27-41(28-24-39)43-31-35-45(36-32-43)51-47(49)21-17-13-11-9-7-8-10-12-14-18-22-48(50)52-46-37-33-44(34-38-46)42-29-25-40(26-30-42)20-16-6-4-2/h31-42H,3-30H2,1-2H3. The Bertz CT molecular complexity index is 1120. The molecule has 4 heteroatoms. The minimum Gasteiger partial charge on any atom is -0.427 e.